The van der Waals surface area contributed by atoms with Crippen LogP contribution in [0.1, 0.15) is 6.42 Å². The monoisotopic (exact) mass is 380 g/mol. The van der Waals surface area contributed by atoms with Gasteiger partial charge in [-0.05, 0) is 42.5 Å². The van der Waals surface area contributed by atoms with E-state index in [0.29, 0.717) is 10.1 Å². The van der Waals surface area contributed by atoms with E-state index in [2.05, 4.69) is 36.9 Å². The van der Waals surface area contributed by atoms with E-state index in [0.717, 1.165) is 30.1 Å². The Labute approximate surface area is 158 Å². The van der Waals surface area contributed by atoms with Crippen molar-refractivity contribution in [2.24, 2.45) is 0 Å². The highest BCUT2D eigenvalue weighted by molar-refractivity contribution is 7.99. The second kappa shape index (κ2) is 9.89. The molecular weight excluding hydrogens is 358 g/mol. The second-order valence-corrected chi connectivity index (χ2v) is 7.71. The quantitative estimate of drug-likeness (QED) is 0.507. The summed E-state index contributed by atoms with van der Waals surface area (Å²) < 4.78 is 0. The van der Waals surface area contributed by atoms with Gasteiger partial charge in [-0.1, -0.05) is 41.6 Å². The predicted molar refractivity (Wildman–Crippen MR) is 109 cm³/mol. The van der Waals surface area contributed by atoms with Crippen molar-refractivity contribution >= 4 is 46.4 Å². The molecule has 24 heavy (non-hydrogen) atoms. The Balaban J connectivity index is 1.98. The topological polar surface area (TPSA) is 28.5 Å². The molecule has 0 saturated carbocycles. The van der Waals surface area contributed by atoms with Crippen LogP contribution >= 0.6 is 35.6 Å². The van der Waals surface area contributed by atoms with E-state index in [4.69, 9.17) is 23.8 Å². The average Bonchev–Trinajstić information content (AvgIpc) is 2.55. The van der Waals surface area contributed by atoms with Crippen LogP contribution in [0.25, 0.3) is 0 Å². The fourth-order valence-electron chi connectivity index (χ4n) is 2.11. The van der Waals surface area contributed by atoms with Gasteiger partial charge in [0.05, 0.1) is 26.3 Å². The Bertz CT molecular complexity index is 663. The third-order valence-corrected chi connectivity index (χ3v) is 4.87. The number of quaternary nitrogens is 1. The minimum absolute atomic E-state index is 0.626. The third kappa shape index (κ3) is 6.69. The van der Waals surface area contributed by atoms with Gasteiger partial charge in [0.15, 0.2) is 5.11 Å². The summed E-state index contributed by atoms with van der Waals surface area (Å²) in [5, 5.41) is 7.83. The molecule has 0 aliphatic heterocycles. The molecule has 0 atom stereocenters. The molecule has 2 aromatic carbocycles. The average molecular weight is 381 g/mol. The minimum Gasteiger partial charge on any atom is -0.362 e. The van der Waals surface area contributed by atoms with Gasteiger partial charge < -0.3 is 15.5 Å². The van der Waals surface area contributed by atoms with Crippen molar-refractivity contribution < 1.29 is 4.90 Å². The molecule has 0 heterocycles. The second-order valence-electron chi connectivity index (χ2n) is 5.75. The summed E-state index contributed by atoms with van der Waals surface area (Å²) in [5.74, 6) is 0. The summed E-state index contributed by atoms with van der Waals surface area (Å²) in [5.41, 5.74) is 0.923. The smallest absolute Gasteiger partial charge is 0.170 e. The van der Waals surface area contributed by atoms with Crippen LogP contribution in [0.2, 0.25) is 5.02 Å². The first-order valence-corrected chi connectivity index (χ1v) is 9.51. The summed E-state index contributed by atoms with van der Waals surface area (Å²) in [7, 11) is 4.30. The molecule has 0 aromatic heterocycles. The normalized spacial score (nSPS) is 10.7. The molecule has 0 fully saturated rings. The van der Waals surface area contributed by atoms with Gasteiger partial charge in [0.25, 0.3) is 0 Å². The molecule has 0 spiro atoms. The molecule has 0 radical (unpaired) electrons. The van der Waals surface area contributed by atoms with E-state index in [1.807, 2.05) is 36.4 Å². The van der Waals surface area contributed by atoms with Crippen LogP contribution in [0, 0.1) is 0 Å². The van der Waals surface area contributed by atoms with Crippen molar-refractivity contribution in [3.8, 4) is 0 Å². The van der Waals surface area contributed by atoms with Crippen LogP contribution in [0.15, 0.2) is 58.3 Å². The van der Waals surface area contributed by atoms with E-state index in [9.17, 15) is 0 Å². The molecule has 3 nitrogen and oxygen atoms in total. The third-order valence-electron chi connectivity index (χ3n) is 3.30. The van der Waals surface area contributed by atoms with Crippen molar-refractivity contribution in [1.29, 1.82) is 0 Å². The van der Waals surface area contributed by atoms with Gasteiger partial charge in [0, 0.05) is 27.8 Å². The fraction of sp³-hybridized carbons (Fsp3) is 0.278. The largest absolute Gasteiger partial charge is 0.362 e. The van der Waals surface area contributed by atoms with Gasteiger partial charge >= 0.3 is 0 Å². The highest BCUT2D eigenvalue weighted by Crippen LogP contribution is 2.34. The van der Waals surface area contributed by atoms with Gasteiger partial charge in [0.2, 0.25) is 0 Å². The van der Waals surface area contributed by atoms with Crippen molar-refractivity contribution in [3.05, 3.63) is 53.6 Å². The highest BCUT2D eigenvalue weighted by Gasteiger charge is 2.07. The lowest BCUT2D eigenvalue weighted by Crippen LogP contribution is -3.05. The molecule has 0 bridgehead atoms. The first kappa shape index (κ1) is 19.1. The van der Waals surface area contributed by atoms with Crippen molar-refractivity contribution in [2.45, 2.75) is 16.2 Å². The van der Waals surface area contributed by atoms with Crippen LogP contribution < -0.4 is 15.5 Å². The zero-order chi connectivity index (χ0) is 17.4. The summed E-state index contributed by atoms with van der Waals surface area (Å²) in [4.78, 5) is 3.70. The van der Waals surface area contributed by atoms with Crippen molar-refractivity contribution in [2.75, 3.05) is 32.5 Å². The first-order valence-electron chi connectivity index (χ1n) is 7.91. The lowest BCUT2D eigenvalue weighted by Gasteiger charge is -2.15. The van der Waals surface area contributed by atoms with Crippen LogP contribution in [-0.4, -0.2) is 32.3 Å². The molecule has 0 aliphatic rings. The zero-order valence-corrected chi connectivity index (χ0v) is 16.3. The lowest BCUT2D eigenvalue weighted by atomic mass is 10.3. The van der Waals surface area contributed by atoms with E-state index in [1.165, 1.54) is 9.80 Å². The Kier molecular flexibility index (Phi) is 7.85. The Morgan fingerprint density at radius 3 is 2.62 bits per heavy atom. The standard InChI is InChI=1S/C18H22ClN3S2/c1-22(2)12-6-11-20-18(23)21-16-13-14(19)9-10-17(16)24-15-7-4-3-5-8-15/h3-5,7-10,13H,6,11-12H2,1-2H3,(H2,20,21,23)/p+1. The van der Waals surface area contributed by atoms with Crippen LogP contribution in [0.5, 0.6) is 0 Å². The molecule has 0 unspecified atom stereocenters. The summed E-state index contributed by atoms with van der Waals surface area (Å²) in [6.45, 7) is 1.97. The van der Waals surface area contributed by atoms with E-state index in [-0.39, 0.29) is 0 Å². The number of hydrogen-bond acceptors (Lipinski definition) is 2. The van der Waals surface area contributed by atoms with Crippen LogP contribution in [-0.2, 0) is 0 Å². The molecule has 2 aromatic rings. The maximum atomic E-state index is 6.15. The highest BCUT2D eigenvalue weighted by atomic mass is 35.5. The Morgan fingerprint density at radius 2 is 1.92 bits per heavy atom. The van der Waals surface area contributed by atoms with E-state index in [1.54, 1.807) is 11.8 Å². The summed E-state index contributed by atoms with van der Waals surface area (Å²) >= 11 is 13.2. The predicted octanol–water partition coefficient (Wildman–Crippen LogP) is 3.31. The maximum absolute atomic E-state index is 6.15. The molecule has 2 rings (SSSR count). The van der Waals surface area contributed by atoms with Gasteiger partial charge in [-0.15, -0.1) is 0 Å². The summed E-state index contributed by atoms with van der Waals surface area (Å²) in [6, 6.07) is 16.1. The minimum atomic E-state index is 0.626. The molecular formula is C18H23ClN3S2+. The van der Waals surface area contributed by atoms with Gasteiger partial charge in [-0.25, -0.2) is 0 Å². The Morgan fingerprint density at radius 1 is 1.17 bits per heavy atom. The number of benzene rings is 2. The molecule has 0 amide bonds. The van der Waals surface area contributed by atoms with Crippen molar-refractivity contribution in [3.63, 3.8) is 0 Å². The Hall–Kier alpha value is -1.27. The van der Waals surface area contributed by atoms with Gasteiger partial charge in [-0.3, -0.25) is 0 Å². The zero-order valence-electron chi connectivity index (χ0n) is 13.9. The number of hydrogen-bond donors (Lipinski definition) is 3. The summed E-state index contributed by atoms with van der Waals surface area (Å²) in [6.07, 6.45) is 1.07. The SMILES string of the molecule is C[NH+](C)CCCNC(=S)Nc1cc(Cl)ccc1Sc1ccccc1. The van der Waals surface area contributed by atoms with Gasteiger partial charge in [-0.2, -0.15) is 0 Å². The molecule has 3 N–H and O–H groups in total. The van der Waals surface area contributed by atoms with Crippen molar-refractivity contribution in [1.82, 2.24) is 5.32 Å². The molecule has 6 heteroatoms. The van der Waals surface area contributed by atoms with Crippen LogP contribution in [0.3, 0.4) is 0 Å². The first-order chi connectivity index (χ1) is 11.5. The number of halogens is 1. The fourth-order valence-corrected chi connectivity index (χ4v) is 3.40. The number of nitrogens with one attached hydrogen (secondary N) is 3. The number of rotatable bonds is 7. The van der Waals surface area contributed by atoms with E-state index < -0.39 is 0 Å². The van der Waals surface area contributed by atoms with Crippen LogP contribution in [0.4, 0.5) is 5.69 Å². The van der Waals surface area contributed by atoms with Gasteiger partial charge in [0.1, 0.15) is 0 Å². The number of anilines is 1. The maximum Gasteiger partial charge on any atom is 0.170 e. The lowest BCUT2D eigenvalue weighted by molar-refractivity contribution is -0.858. The number of thiocarbonyl (C=S) groups is 1. The van der Waals surface area contributed by atoms with E-state index >= 15 is 0 Å². The molecule has 0 aliphatic carbocycles. The molecule has 128 valence electrons. The molecule has 0 saturated heterocycles.